The van der Waals surface area contributed by atoms with Gasteiger partial charge in [-0.15, -0.1) is 6.58 Å². The Kier molecular flexibility index (Phi) is 5.85. The van der Waals surface area contributed by atoms with Crippen molar-refractivity contribution in [3.63, 3.8) is 0 Å². The molecule has 0 heteroatoms. The summed E-state index contributed by atoms with van der Waals surface area (Å²) in [7, 11) is 0. The van der Waals surface area contributed by atoms with Crippen molar-refractivity contribution in [3.05, 3.63) is 96.1 Å². The summed E-state index contributed by atoms with van der Waals surface area (Å²) in [5.41, 5.74) is 5.43. The Bertz CT molecular complexity index is 698. The van der Waals surface area contributed by atoms with Crippen LogP contribution in [0.25, 0.3) is 11.6 Å². The van der Waals surface area contributed by atoms with Crippen molar-refractivity contribution in [2.24, 2.45) is 5.92 Å². The Labute approximate surface area is 146 Å². The average Bonchev–Trinajstić information content (AvgIpc) is 3.17. The molecule has 0 saturated heterocycles. The summed E-state index contributed by atoms with van der Waals surface area (Å²) < 4.78 is 0. The third-order valence-electron chi connectivity index (χ3n) is 4.81. The smallest absolute Gasteiger partial charge is 0.00941 e. The molecule has 122 valence electrons. The van der Waals surface area contributed by atoms with E-state index >= 15 is 0 Å². The topological polar surface area (TPSA) is 0 Å². The van der Waals surface area contributed by atoms with Crippen LogP contribution in [0.4, 0.5) is 0 Å². The van der Waals surface area contributed by atoms with Crippen LogP contribution in [0.3, 0.4) is 0 Å². The van der Waals surface area contributed by atoms with Gasteiger partial charge in [0.25, 0.3) is 0 Å². The minimum Gasteiger partial charge on any atom is -0.103 e. The molecular weight excluding hydrogens is 288 g/mol. The second kappa shape index (κ2) is 8.49. The molecule has 0 bridgehead atoms. The summed E-state index contributed by atoms with van der Waals surface area (Å²) in [6.07, 6.45) is 13.0. The first-order chi connectivity index (χ1) is 11.9. The van der Waals surface area contributed by atoms with Crippen LogP contribution in [0.2, 0.25) is 0 Å². The number of hydrogen-bond acceptors (Lipinski definition) is 0. The maximum atomic E-state index is 3.95. The van der Waals surface area contributed by atoms with E-state index in [4.69, 9.17) is 0 Å². The Morgan fingerprint density at radius 1 is 0.917 bits per heavy atom. The maximum Gasteiger partial charge on any atom is -0.00941 e. The molecule has 2 aromatic rings. The lowest BCUT2D eigenvalue weighted by Crippen LogP contribution is -1.98. The molecule has 0 radical (unpaired) electrons. The zero-order chi connectivity index (χ0) is 16.6. The van der Waals surface area contributed by atoms with Gasteiger partial charge in [-0.3, -0.25) is 0 Å². The zero-order valence-corrected chi connectivity index (χ0v) is 14.3. The van der Waals surface area contributed by atoms with Crippen LogP contribution in [-0.4, -0.2) is 0 Å². The van der Waals surface area contributed by atoms with Gasteiger partial charge < -0.3 is 0 Å². The van der Waals surface area contributed by atoms with Crippen molar-refractivity contribution in [1.82, 2.24) is 0 Å². The van der Waals surface area contributed by atoms with Crippen LogP contribution in [0.5, 0.6) is 0 Å². The first-order valence-corrected chi connectivity index (χ1v) is 9.00. The summed E-state index contributed by atoms with van der Waals surface area (Å²) in [6.45, 7) is 3.95. The van der Waals surface area contributed by atoms with Gasteiger partial charge >= 0.3 is 0 Å². The van der Waals surface area contributed by atoms with E-state index in [1.165, 1.54) is 48.0 Å². The average molecular weight is 314 g/mol. The van der Waals surface area contributed by atoms with Crippen molar-refractivity contribution >= 4 is 11.6 Å². The van der Waals surface area contributed by atoms with E-state index in [0.29, 0.717) is 5.92 Å². The van der Waals surface area contributed by atoms with E-state index in [1.54, 1.807) is 0 Å². The van der Waals surface area contributed by atoms with E-state index in [0.717, 1.165) is 6.42 Å². The fourth-order valence-electron chi connectivity index (χ4n) is 3.55. The van der Waals surface area contributed by atoms with Crippen molar-refractivity contribution in [2.75, 3.05) is 0 Å². The highest BCUT2D eigenvalue weighted by atomic mass is 14.2. The predicted molar refractivity (Wildman–Crippen MR) is 106 cm³/mol. The standard InChI is InChI=1S/C24H26/c1-2-11-23(21-14-7-4-8-15-21)19-24(22-16-9-10-17-22)18-20-12-5-3-6-13-20/h2-8,12-15,18-19,22H,1,9-11,16-17H2/b23-19-,24-18+. The fourth-order valence-corrected chi connectivity index (χ4v) is 3.55. The predicted octanol–water partition coefficient (Wildman–Crippen LogP) is 6.92. The molecule has 1 aliphatic carbocycles. The molecule has 0 aromatic heterocycles. The lowest BCUT2D eigenvalue weighted by Gasteiger charge is -2.14. The first-order valence-electron chi connectivity index (χ1n) is 9.00. The molecule has 0 amide bonds. The molecule has 0 unspecified atom stereocenters. The van der Waals surface area contributed by atoms with Crippen LogP contribution >= 0.6 is 0 Å². The second-order valence-corrected chi connectivity index (χ2v) is 6.56. The first kappa shape index (κ1) is 16.5. The molecule has 0 atom stereocenters. The van der Waals surface area contributed by atoms with Gasteiger partial charge in [-0.25, -0.2) is 0 Å². The summed E-state index contributed by atoms with van der Waals surface area (Å²) in [5, 5.41) is 0. The molecule has 0 N–H and O–H groups in total. The van der Waals surface area contributed by atoms with E-state index < -0.39 is 0 Å². The highest BCUT2D eigenvalue weighted by Crippen LogP contribution is 2.35. The van der Waals surface area contributed by atoms with Gasteiger partial charge in [0.2, 0.25) is 0 Å². The van der Waals surface area contributed by atoms with Crippen LogP contribution in [0.1, 0.15) is 43.2 Å². The maximum absolute atomic E-state index is 3.95. The quantitative estimate of drug-likeness (QED) is 0.401. The third-order valence-corrected chi connectivity index (χ3v) is 4.81. The van der Waals surface area contributed by atoms with Crippen molar-refractivity contribution in [2.45, 2.75) is 32.1 Å². The molecule has 0 spiro atoms. The van der Waals surface area contributed by atoms with Gasteiger partial charge in [0.05, 0.1) is 0 Å². The van der Waals surface area contributed by atoms with Crippen LogP contribution < -0.4 is 0 Å². The lowest BCUT2D eigenvalue weighted by molar-refractivity contribution is 0.661. The minimum absolute atomic E-state index is 0.689. The summed E-state index contributed by atoms with van der Waals surface area (Å²) in [6, 6.07) is 21.4. The molecule has 1 aliphatic rings. The van der Waals surface area contributed by atoms with E-state index in [-0.39, 0.29) is 0 Å². The Balaban J connectivity index is 2.00. The summed E-state index contributed by atoms with van der Waals surface area (Å²) >= 11 is 0. The van der Waals surface area contributed by atoms with Gasteiger partial charge in [-0.2, -0.15) is 0 Å². The Morgan fingerprint density at radius 3 is 2.17 bits per heavy atom. The number of benzene rings is 2. The summed E-state index contributed by atoms with van der Waals surface area (Å²) in [4.78, 5) is 0. The monoisotopic (exact) mass is 314 g/mol. The largest absolute Gasteiger partial charge is 0.103 e. The van der Waals surface area contributed by atoms with E-state index in [9.17, 15) is 0 Å². The number of allylic oxidation sites excluding steroid dienone is 4. The van der Waals surface area contributed by atoms with Crippen molar-refractivity contribution in [1.29, 1.82) is 0 Å². The van der Waals surface area contributed by atoms with Gasteiger partial charge in [0.15, 0.2) is 0 Å². The van der Waals surface area contributed by atoms with Gasteiger partial charge in [0, 0.05) is 0 Å². The van der Waals surface area contributed by atoms with Crippen molar-refractivity contribution in [3.8, 4) is 0 Å². The molecule has 24 heavy (non-hydrogen) atoms. The molecule has 0 heterocycles. The van der Waals surface area contributed by atoms with E-state index in [1.807, 2.05) is 6.08 Å². The molecular formula is C24H26. The van der Waals surface area contributed by atoms with Gasteiger partial charge in [-0.1, -0.05) is 91.7 Å². The van der Waals surface area contributed by atoms with E-state index in [2.05, 4.69) is 79.4 Å². The van der Waals surface area contributed by atoms with Crippen LogP contribution in [-0.2, 0) is 0 Å². The van der Waals surface area contributed by atoms with Gasteiger partial charge in [0.1, 0.15) is 0 Å². The molecule has 0 aliphatic heterocycles. The van der Waals surface area contributed by atoms with Gasteiger partial charge in [-0.05, 0) is 47.5 Å². The Hall–Kier alpha value is -2.34. The number of hydrogen-bond donors (Lipinski definition) is 0. The normalized spacial score (nSPS) is 16.3. The molecule has 1 fully saturated rings. The fraction of sp³-hybridized carbons (Fsp3) is 0.250. The van der Waals surface area contributed by atoms with Crippen molar-refractivity contribution < 1.29 is 0 Å². The SMILES string of the molecule is C=CC/C(=C/C(=C\c1ccccc1)C1CCCC1)c1ccccc1. The lowest BCUT2D eigenvalue weighted by atomic mass is 9.91. The summed E-state index contributed by atoms with van der Waals surface area (Å²) in [5.74, 6) is 0.689. The number of rotatable bonds is 6. The highest BCUT2D eigenvalue weighted by molar-refractivity contribution is 5.72. The highest BCUT2D eigenvalue weighted by Gasteiger charge is 2.18. The third kappa shape index (κ3) is 4.35. The second-order valence-electron chi connectivity index (χ2n) is 6.56. The Morgan fingerprint density at radius 2 is 1.54 bits per heavy atom. The zero-order valence-electron chi connectivity index (χ0n) is 14.3. The van der Waals surface area contributed by atoms with Crippen LogP contribution in [0, 0.1) is 5.92 Å². The molecule has 2 aromatic carbocycles. The minimum atomic E-state index is 0.689. The molecule has 3 rings (SSSR count). The van der Waals surface area contributed by atoms with Crippen LogP contribution in [0.15, 0.2) is 85.0 Å². The molecule has 0 nitrogen and oxygen atoms in total. The molecule has 1 saturated carbocycles.